The molecule has 2 aliphatic rings. The maximum absolute atomic E-state index is 11.4. The zero-order valence-electron chi connectivity index (χ0n) is 8.42. The predicted octanol–water partition coefficient (Wildman–Crippen LogP) is -1.85. The molecule has 8 nitrogen and oxygen atoms in total. The summed E-state index contributed by atoms with van der Waals surface area (Å²) >= 11 is 0. The number of aliphatic hydroxyl groups is 2. The van der Waals surface area contributed by atoms with Gasteiger partial charge in [-0.3, -0.25) is 10.2 Å². The monoisotopic (exact) mass is 231 g/mol. The van der Waals surface area contributed by atoms with Crippen LogP contribution in [0.1, 0.15) is 6.42 Å². The number of ether oxygens (including phenoxy) is 1. The van der Waals surface area contributed by atoms with Gasteiger partial charge in [0.05, 0.1) is 19.4 Å². The normalized spacial score (nSPS) is 34.9. The van der Waals surface area contributed by atoms with Gasteiger partial charge in [-0.25, -0.2) is 9.59 Å². The van der Waals surface area contributed by atoms with Gasteiger partial charge in [-0.05, 0) is 0 Å². The molecule has 16 heavy (non-hydrogen) atoms. The van der Waals surface area contributed by atoms with Crippen molar-refractivity contribution in [1.82, 2.24) is 15.5 Å². The first-order valence-electron chi connectivity index (χ1n) is 4.91. The van der Waals surface area contributed by atoms with Gasteiger partial charge in [0.15, 0.2) is 0 Å². The third kappa shape index (κ3) is 1.94. The van der Waals surface area contributed by atoms with Crippen molar-refractivity contribution in [3.05, 3.63) is 0 Å². The van der Waals surface area contributed by atoms with E-state index in [0.717, 1.165) is 0 Å². The van der Waals surface area contributed by atoms with Gasteiger partial charge in [-0.2, -0.15) is 0 Å². The van der Waals surface area contributed by atoms with E-state index in [9.17, 15) is 14.7 Å². The van der Waals surface area contributed by atoms with Crippen molar-refractivity contribution in [3.8, 4) is 0 Å². The zero-order valence-corrected chi connectivity index (χ0v) is 8.42. The number of amides is 4. The third-order valence-corrected chi connectivity index (χ3v) is 2.62. The van der Waals surface area contributed by atoms with Gasteiger partial charge >= 0.3 is 12.1 Å². The molecule has 3 atom stereocenters. The summed E-state index contributed by atoms with van der Waals surface area (Å²) in [5.41, 5.74) is 0. The van der Waals surface area contributed by atoms with E-state index in [-0.39, 0.29) is 19.7 Å². The fourth-order valence-corrected chi connectivity index (χ4v) is 1.75. The third-order valence-electron chi connectivity index (χ3n) is 2.62. The average Bonchev–Trinajstić information content (AvgIpc) is 2.59. The molecule has 2 rings (SSSR count). The molecule has 0 aliphatic carbocycles. The first-order valence-corrected chi connectivity index (χ1v) is 4.91. The molecule has 0 radical (unpaired) electrons. The number of hydrogen-bond donors (Lipinski definition) is 4. The fraction of sp³-hybridized carbons (Fsp3) is 0.750. The molecule has 0 unspecified atom stereocenters. The Morgan fingerprint density at radius 1 is 1.50 bits per heavy atom. The van der Waals surface area contributed by atoms with Crippen molar-refractivity contribution in [2.75, 3.05) is 13.3 Å². The van der Waals surface area contributed by atoms with Crippen molar-refractivity contribution in [2.24, 2.45) is 0 Å². The molecule has 4 amide bonds. The van der Waals surface area contributed by atoms with Crippen molar-refractivity contribution in [2.45, 2.75) is 24.9 Å². The molecular weight excluding hydrogens is 218 g/mol. The highest BCUT2D eigenvalue weighted by Gasteiger charge is 2.40. The predicted molar refractivity (Wildman–Crippen MR) is 50.1 cm³/mol. The lowest BCUT2D eigenvalue weighted by Gasteiger charge is -2.31. The standard InChI is InChI=1S/C8H13N3O5/c12-2-5-4(13)1-6(16-5)11-3-9-7(14)10-8(11)15/h4-6,12-13H,1-3H2,(H2,9,10,14,15)/t4-,5-,6-/m1/s1. The van der Waals surface area contributed by atoms with Crippen LogP contribution in [0.3, 0.4) is 0 Å². The molecule has 0 aromatic heterocycles. The zero-order chi connectivity index (χ0) is 11.7. The average molecular weight is 231 g/mol. The first kappa shape index (κ1) is 11.1. The van der Waals surface area contributed by atoms with Gasteiger partial charge in [0.25, 0.3) is 0 Å². The van der Waals surface area contributed by atoms with E-state index in [2.05, 4.69) is 10.6 Å². The SMILES string of the molecule is O=C1NCN([C@H]2C[C@@H](O)[C@@H](CO)O2)C(=O)N1. The molecule has 0 aromatic rings. The lowest BCUT2D eigenvalue weighted by molar-refractivity contribution is -0.0662. The molecule has 0 bridgehead atoms. The maximum atomic E-state index is 11.4. The minimum Gasteiger partial charge on any atom is -0.394 e. The molecular formula is C8H13N3O5. The Morgan fingerprint density at radius 3 is 2.81 bits per heavy atom. The highest BCUT2D eigenvalue weighted by atomic mass is 16.5. The Kier molecular flexibility index (Phi) is 2.95. The second kappa shape index (κ2) is 4.24. The van der Waals surface area contributed by atoms with Crippen molar-refractivity contribution in [3.63, 3.8) is 0 Å². The van der Waals surface area contributed by atoms with E-state index in [4.69, 9.17) is 9.84 Å². The number of carbonyl (C=O) groups is 2. The number of aliphatic hydroxyl groups excluding tert-OH is 2. The molecule has 4 N–H and O–H groups in total. The molecule has 90 valence electrons. The molecule has 0 aromatic carbocycles. The lowest BCUT2D eigenvalue weighted by Crippen LogP contribution is -2.60. The Bertz CT molecular complexity index is 310. The van der Waals surface area contributed by atoms with Crippen LogP contribution in [0.4, 0.5) is 9.59 Å². The van der Waals surface area contributed by atoms with Crippen LogP contribution in [0, 0.1) is 0 Å². The highest BCUT2D eigenvalue weighted by molar-refractivity contribution is 5.95. The topological polar surface area (TPSA) is 111 Å². The number of carbonyl (C=O) groups excluding carboxylic acids is 2. The highest BCUT2D eigenvalue weighted by Crippen LogP contribution is 2.23. The number of imide groups is 1. The van der Waals surface area contributed by atoms with Gasteiger partial charge in [0.1, 0.15) is 12.3 Å². The van der Waals surface area contributed by atoms with Crippen molar-refractivity contribution in [1.29, 1.82) is 0 Å². The van der Waals surface area contributed by atoms with Crippen LogP contribution in [0.25, 0.3) is 0 Å². The summed E-state index contributed by atoms with van der Waals surface area (Å²) in [6, 6.07) is -1.13. The smallest absolute Gasteiger partial charge is 0.328 e. The Balaban J connectivity index is 1.98. The van der Waals surface area contributed by atoms with Crippen LogP contribution in [0.5, 0.6) is 0 Å². The van der Waals surface area contributed by atoms with E-state index >= 15 is 0 Å². The molecule has 2 saturated heterocycles. The van der Waals surface area contributed by atoms with Crippen molar-refractivity contribution < 1.29 is 24.5 Å². The summed E-state index contributed by atoms with van der Waals surface area (Å²) in [6.07, 6.45) is -1.90. The number of urea groups is 2. The summed E-state index contributed by atoms with van der Waals surface area (Å²) < 4.78 is 5.28. The number of nitrogens with zero attached hydrogens (tertiary/aromatic N) is 1. The van der Waals surface area contributed by atoms with Crippen LogP contribution in [0.15, 0.2) is 0 Å². The Morgan fingerprint density at radius 2 is 2.25 bits per heavy atom. The van der Waals surface area contributed by atoms with E-state index in [1.807, 2.05) is 0 Å². The Hall–Kier alpha value is -1.38. The molecule has 2 fully saturated rings. The number of nitrogens with one attached hydrogen (secondary N) is 2. The first-order chi connectivity index (χ1) is 7.61. The summed E-state index contributed by atoms with van der Waals surface area (Å²) in [5.74, 6) is 0. The molecule has 8 heteroatoms. The van der Waals surface area contributed by atoms with E-state index in [1.54, 1.807) is 0 Å². The van der Waals surface area contributed by atoms with Gasteiger partial charge in [0, 0.05) is 6.42 Å². The summed E-state index contributed by atoms with van der Waals surface area (Å²) in [5, 5.41) is 22.9. The van der Waals surface area contributed by atoms with Crippen molar-refractivity contribution >= 4 is 12.1 Å². The molecule has 2 heterocycles. The van der Waals surface area contributed by atoms with Gasteiger partial charge in [-0.15, -0.1) is 0 Å². The maximum Gasteiger partial charge on any atom is 0.328 e. The van der Waals surface area contributed by atoms with Gasteiger partial charge in [0.2, 0.25) is 0 Å². The Labute approximate surface area is 91.2 Å². The van der Waals surface area contributed by atoms with Crippen LogP contribution in [-0.4, -0.2) is 58.9 Å². The van der Waals surface area contributed by atoms with Gasteiger partial charge < -0.3 is 20.3 Å². The second-order valence-electron chi connectivity index (χ2n) is 3.68. The molecule has 2 aliphatic heterocycles. The largest absolute Gasteiger partial charge is 0.394 e. The fourth-order valence-electron chi connectivity index (χ4n) is 1.75. The quantitative estimate of drug-likeness (QED) is 0.445. The van der Waals surface area contributed by atoms with E-state index in [0.29, 0.717) is 0 Å². The van der Waals surface area contributed by atoms with Crippen LogP contribution < -0.4 is 10.6 Å². The summed E-state index contributed by atoms with van der Waals surface area (Å²) in [4.78, 5) is 23.5. The molecule has 0 saturated carbocycles. The molecule has 0 spiro atoms. The van der Waals surface area contributed by atoms with Crippen LogP contribution in [-0.2, 0) is 4.74 Å². The van der Waals surface area contributed by atoms with E-state index in [1.165, 1.54) is 4.90 Å². The van der Waals surface area contributed by atoms with Crippen LogP contribution in [0.2, 0.25) is 0 Å². The number of rotatable bonds is 2. The summed E-state index contributed by atoms with van der Waals surface area (Å²) in [6.45, 7) is -0.278. The minimum absolute atomic E-state index is 0.0280. The number of hydrogen-bond acceptors (Lipinski definition) is 5. The van der Waals surface area contributed by atoms with E-state index < -0.39 is 30.5 Å². The minimum atomic E-state index is -0.805. The summed E-state index contributed by atoms with van der Waals surface area (Å²) in [7, 11) is 0. The van der Waals surface area contributed by atoms with Gasteiger partial charge in [-0.1, -0.05) is 0 Å². The lowest BCUT2D eigenvalue weighted by atomic mass is 10.2. The van der Waals surface area contributed by atoms with Crippen LogP contribution >= 0.6 is 0 Å². The second-order valence-corrected chi connectivity index (χ2v) is 3.68.